The molecule has 0 radical (unpaired) electrons. The predicted octanol–water partition coefficient (Wildman–Crippen LogP) is 3.45. The van der Waals surface area contributed by atoms with Crippen molar-refractivity contribution in [2.24, 2.45) is 4.99 Å². The van der Waals surface area contributed by atoms with E-state index in [0.717, 1.165) is 36.1 Å². The molecule has 25 heavy (non-hydrogen) atoms. The Balaban J connectivity index is 0.00000576. The Labute approximate surface area is 173 Å². The molecule has 1 aromatic rings. The quantitative estimate of drug-likeness (QED) is 0.232. The van der Waals surface area contributed by atoms with E-state index in [2.05, 4.69) is 35.5 Å². The standard InChI is InChI=1S/C18H30ClN3O2.HI/c1-18(2,15-8-5-6-9-16(15)19)14-22-17(20-3)21-10-7-11-24-13-12-23-4;/h5-6,8-9H,7,10-14H2,1-4H3,(H2,20,21,22);1H. The van der Waals surface area contributed by atoms with Gasteiger partial charge in [-0.05, 0) is 18.1 Å². The molecule has 0 spiro atoms. The zero-order valence-corrected chi connectivity index (χ0v) is 18.7. The average molecular weight is 484 g/mol. The van der Waals surface area contributed by atoms with E-state index in [0.29, 0.717) is 19.8 Å². The van der Waals surface area contributed by atoms with E-state index in [4.69, 9.17) is 21.1 Å². The van der Waals surface area contributed by atoms with Crippen LogP contribution in [0.1, 0.15) is 25.8 Å². The Hall–Kier alpha value is -0.570. The van der Waals surface area contributed by atoms with E-state index in [-0.39, 0.29) is 29.4 Å². The van der Waals surface area contributed by atoms with Crippen LogP contribution >= 0.6 is 35.6 Å². The first-order chi connectivity index (χ1) is 11.5. The highest BCUT2D eigenvalue weighted by Gasteiger charge is 2.23. The number of ether oxygens (including phenoxy) is 2. The maximum absolute atomic E-state index is 6.32. The molecule has 7 heteroatoms. The van der Waals surface area contributed by atoms with E-state index < -0.39 is 0 Å². The van der Waals surface area contributed by atoms with Crippen LogP contribution in [0.3, 0.4) is 0 Å². The first kappa shape index (κ1) is 24.4. The predicted molar refractivity (Wildman–Crippen MR) is 117 cm³/mol. The van der Waals surface area contributed by atoms with Gasteiger partial charge in [-0.15, -0.1) is 24.0 Å². The Morgan fingerprint density at radius 2 is 1.88 bits per heavy atom. The summed E-state index contributed by atoms with van der Waals surface area (Å²) in [7, 11) is 3.44. The molecule has 5 nitrogen and oxygen atoms in total. The Kier molecular flexibility index (Phi) is 13.3. The van der Waals surface area contributed by atoms with E-state index in [1.165, 1.54) is 0 Å². The minimum Gasteiger partial charge on any atom is -0.382 e. The number of aliphatic imine (C=N–C) groups is 1. The first-order valence-corrected chi connectivity index (χ1v) is 8.65. The monoisotopic (exact) mass is 483 g/mol. The molecule has 0 fully saturated rings. The lowest BCUT2D eigenvalue weighted by Gasteiger charge is -2.27. The molecule has 1 aromatic carbocycles. The van der Waals surface area contributed by atoms with Gasteiger partial charge in [-0.25, -0.2) is 0 Å². The second-order valence-electron chi connectivity index (χ2n) is 6.17. The second-order valence-corrected chi connectivity index (χ2v) is 6.58. The number of methoxy groups -OCH3 is 1. The van der Waals surface area contributed by atoms with Crippen molar-refractivity contribution in [1.29, 1.82) is 0 Å². The molecule has 0 amide bonds. The molecule has 0 aromatic heterocycles. The molecule has 0 bridgehead atoms. The third-order valence-corrected chi connectivity index (χ3v) is 4.04. The summed E-state index contributed by atoms with van der Waals surface area (Å²) in [6.07, 6.45) is 0.915. The number of rotatable bonds is 10. The summed E-state index contributed by atoms with van der Waals surface area (Å²) in [6, 6.07) is 7.96. The van der Waals surface area contributed by atoms with Gasteiger partial charge in [0.05, 0.1) is 13.2 Å². The van der Waals surface area contributed by atoms with Crippen molar-refractivity contribution in [2.75, 3.05) is 47.1 Å². The second kappa shape index (κ2) is 13.6. The molecular formula is C18H31ClIN3O2. The molecule has 0 unspecified atom stereocenters. The molecule has 0 aliphatic carbocycles. The maximum Gasteiger partial charge on any atom is 0.191 e. The minimum absolute atomic E-state index is 0. The van der Waals surface area contributed by atoms with Crippen LogP contribution in [-0.4, -0.2) is 53.0 Å². The molecule has 0 saturated carbocycles. The van der Waals surface area contributed by atoms with Gasteiger partial charge < -0.3 is 20.1 Å². The van der Waals surface area contributed by atoms with Crippen LogP contribution in [0.15, 0.2) is 29.3 Å². The minimum atomic E-state index is -0.0980. The lowest BCUT2D eigenvalue weighted by molar-refractivity contribution is 0.0698. The van der Waals surface area contributed by atoms with Crippen LogP contribution in [0.25, 0.3) is 0 Å². The Morgan fingerprint density at radius 3 is 2.52 bits per heavy atom. The highest BCUT2D eigenvalue weighted by atomic mass is 127. The first-order valence-electron chi connectivity index (χ1n) is 8.27. The van der Waals surface area contributed by atoms with Gasteiger partial charge in [0, 0.05) is 44.3 Å². The molecule has 0 aliphatic heterocycles. The largest absolute Gasteiger partial charge is 0.382 e. The highest BCUT2D eigenvalue weighted by molar-refractivity contribution is 14.0. The fourth-order valence-electron chi connectivity index (χ4n) is 2.26. The van der Waals surface area contributed by atoms with E-state index in [1.807, 2.05) is 18.2 Å². The number of nitrogens with one attached hydrogen (secondary N) is 2. The highest BCUT2D eigenvalue weighted by Crippen LogP contribution is 2.28. The normalized spacial score (nSPS) is 11.8. The number of hydrogen-bond acceptors (Lipinski definition) is 3. The van der Waals surface area contributed by atoms with Gasteiger partial charge >= 0.3 is 0 Å². The van der Waals surface area contributed by atoms with Crippen LogP contribution in [-0.2, 0) is 14.9 Å². The SMILES string of the molecule is CN=C(NCCCOCCOC)NCC(C)(C)c1ccccc1Cl.I. The van der Waals surface area contributed by atoms with Crippen molar-refractivity contribution in [1.82, 2.24) is 10.6 Å². The van der Waals surface area contributed by atoms with E-state index >= 15 is 0 Å². The smallest absolute Gasteiger partial charge is 0.191 e. The fourth-order valence-corrected chi connectivity index (χ4v) is 2.65. The molecule has 0 atom stereocenters. The summed E-state index contributed by atoms with van der Waals surface area (Å²) < 4.78 is 10.4. The zero-order valence-electron chi connectivity index (χ0n) is 15.6. The van der Waals surface area contributed by atoms with Crippen molar-refractivity contribution < 1.29 is 9.47 Å². The number of nitrogens with zero attached hydrogens (tertiary/aromatic N) is 1. The molecule has 144 valence electrons. The Morgan fingerprint density at radius 1 is 1.16 bits per heavy atom. The molecule has 0 aliphatic rings. The van der Waals surface area contributed by atoms with Gasteiger partial charge in [0.1, 0.15) is 0 Å². The summed E-state index contributed by atoms with van der Waals surface area (Å²) in [5, 5.41) is 7.45. The molecule has 2 N–H and O–H groups in total. The Bertz CT molecular complexity index is 513. The molecular weight excluding hydrogens is 453 g/mol. The third-order valence-electron chi connectivity index (χ3n) is 3.71. The average Bonchev–Trinajstić information content (AvgIpc) is 2.57. The third kappa shape index (κ3) is 9.63. The number of guanidine groups is 1. The summed E-state index contributed by atoms with van der Waals surface area (Å²) in [5.74, 6) is 0.784. The zero-order chi connectivity index (χ0) is 17.8. The van der Waals surface area contributed by atoms with Crippen molar-refractivity contribution >= 4 is 41.5 Å². The number of halogens is 2. The van der Waals surface area contributed by atoms with Crippen LogP contribution in [0.5, 0.6) is 0 Å². The topological polar surface area (TPSA) is 54.9 Å². The van der Waals surface area contributed by atoms with Crippen molar-refractivity contribution in [2.45, 2.75) is 25.7 Å². The summed E-state index contributed by atoms with van der Waals surface area (Å²) >= 11 is 6.32. The van der Waals surface area contributed by atoms with Gasteiger partial charge in [0.25, 0.3) is 0 Å². The molecule has 0 heterocycles. The van der Waals surface area contributed by atoms with Gasteiger partial charge in [0.15, 0.2) is 5.96 Å². The lowest BCUT2D eigenvalue weighted by Crippen LogP contribution is -2.44. The van der Waals surface area contributed by atoms with Crippen LogP contribution in [0.2, 0.25) is 5.02 Å². The number of hydrogen-bond donors (Lipinski definition) is 2. The summed E-state index contributed by atoms with van der Waals surface area (Å²) in [6.45, 7) is 7.85. The van der Waals surface area contributed by atoms with Gasteiger partial charge in [-0.2, -0.15) is 0 Å². The number of benzene rings is 1. The van der Waals surface area contributed by atoms with Gasteiger partial charge in [-0.1, -0.05) is 43.6 Å². The lowest BCUT2D eigenvalue weighted by atomic mass is 9.84. The molecule has 1 rings (SSSR count). The van der Waals surface area contributed by atoms with Crippen LogP contribution in [0.4, 0.5) is 0 Å². The van der Waals surface area contributed by atoms with Crippen molar-refractivity contribution in [3.8, 4) is 0 Å². The summed E-state index contributed by atoms with van der Waals surface area (Å²) in [4.78, 5) is 4.26. The fraction of sp³-hybridized carbons (Fsp3) is 0.611. The van der Waals surface area contributed by atoms with Gasteiger partial charge in [-0.3, -0.25) is 4.99 Å². The van der Waals surface area contributed by atoms with Crippen LogP contribution in [0, 0.1) is 0 Å². The maximum atomic E-state index is 6.32. The van der Waals surface area contributed by atoms with Crippen molar-refractivity contribution in [3.05, 3.63) is 34.9 Å². The van der Waals surface area contributed by atoms with Gasteiger partial charge in [0.2, 0.25) is 0 Å². The van der Waals surface area contributed by atoms with Crippen molar-refractivity contribution in [3.63, 3.8) is 0 Å². The van der Waals surface area contributed by atoms with Crippen LogP contribution < -0.4 is 10.6 Å². The van der Waals surface area contributed by atoms with E-state index in [9.17, 15) is 0 Å². The van der Waals surface area contributed by atoms with E-state index in [1.54, 1.807) is 14.2 Å². The molecule has 0 saturated heterocycles. The summed E-state index contributed by atoms with van der Waals surface area (Å²) in [5.41, 5.74) is 1.03.